The first-order valence-electron chi connectivity index (χ1n) is 4.21. The zero-order valence-corrected chi connectivity index (χ0v) is 9.25. The van der Waals surface area contributed by atoms with E-state index in [2.05, 4.69) is 4.98 Å². The van der Waals surface area contributed by atoms with Crippen molar-refractivity contribution in [3.8, 4) is 0 Å². The summed E-state index contributed by atoms with van der Waals surface area (Å²) >= 11 is 2.99. The van der Waals surface area contributed by atoms with Crippen LogP contribution in [0.1, 0.15) is 5.56 Å². The molecule has 0 saturated heterocycles. The minimum atomic E-state index is -0.537. The molecule has 78 valence electrons. The fraction of sp³-hybridized carbons (Fsp3) is 0.100. The van der Waals surface area contributed by atoms with Crippen LogP contribution >= 0.6 is 23.1 Å². The van der Waals surface area contributed by atoms with Gasteiger partial charge < -0.3 is 0 Å². The molecule has 0 N–H and O–H groups in total. The second kappa shape index (κ2) is 4.72. The minimum Gasteiger partial charge on any atom is -0.238 e. The Bertz CT molecular complexity index is 422. The number of thiazole rings is 1. The Kier molecular flexibility index (Phi) is 3.33. The molecule has 0 unspecified atom stereocenters. The zero-order valence-electron chi connectivity index (χ0n) is 7.61. The lowest BCUT2D eigenvalue weighted by molar-refractivity contribution is 0.581. The van der Waals surface area contributed by atoms with Gasteiger partial charge in [-0.3, -0.25) is 0 Å². The quantitative estimate of drug-likeness (QED) is 0.762. The van der Waals surface area contributed by atoms with E-state index in [0.29, 0.717) is 11.3 Å². The molecule has 1 aromatic carbocycles. The number of thioether (sulfide) groups is 1. The largest absolute Gasteiger partial charge is 0.238 e. The third kappa shape index (κ3) is 3.00. The Morgan fingerprint density at radius 1 is 1.20 bits per heavy atom. The average Bonchev–Trinajstić information content (AvgIpc) is 2.65. The fourth-order valence-corrected chi connectivity index (χ4v) is 2.69. The SMILES string of the molecule is Fc1cc(F)cc(CSc2nccs2)c1. The highest BCUT2D eigenvalue weighted by atomic mass is 32.2. The molecule has 0 bridgehead atoms. The van der Waals surface area contributed by atoms with Gasteiger partial charge in [-0.1, -0.05) is 11.8 Å². The summed E-state index contributed by atoms with van der Waals surface area (Å²) in [6.07, 6.45) is 1.71. The van der Waals surface area contributed by atoms with Gasteiger partial charge in [0.1, 0.15) is 16.0 Å². The van der Waals surface area contributed by atoms with Crippen LogP contribution in [0.15, 0.2) is 34.1 Å². The Labute approximate surface area is 94.2 Å². The van der Waals surface area contributed by atoms with Gasteiger partial charge >= 0.3 is 0 Å². The Morgan fingerprint density at radius 2 is 1.93 bits per heavy atom. The monoisotopic (exact) mass is 243 g/mol. The topological polar surface area (TPSA) is 12.9 Å². The number of nitrogens with zero attached hydrogens (tertiary/aromatic N) is 1. The Balaban J connectivity index is 2.05. The number of rotatable bonds is 3. The summed E-state index contributed by atoms with van der Waals surface area (Å²) < 4.78 is 26.6. The van der Waals surface area contributed by atoms with Gasteiger partial charge in [-0.25, -0.2) is 13.8 Å². The second-order valence-electron chi connectivity index (χ2n) is 2.86. The maximum absolute atomic E-state index is 12.8. The smallest absolute Gasteiger partial charge is 0.150 e. The van der Waals surface area contributed by atoms with Crippen molar-refractivity contribution >= 4 is 23.1 Å². The van der Waals surface area contributed by atoms with Gasteiger partial charge in [-0.2, -0.15) is 0 Å². The van der Waals surface area contributed by atoms with Crippen molar-refractivity contribution in [1.82, 2.24) is 4.98 Å². The van der Waals surface area contributed by atoms with E-state index >= 15 is 0 Å². The van der Waals surface area contributed by atoms with Crippen molar-refractivity contribution in [2.45, 2.75) is 10.1 Å². The van der Waals surface area contributed by atoms with Gasteiger partial charge in [0.2, 0.25) is 0 Å². The molecular formula is C10H7F2NS2. The number of hydrogen-bond acceptors (Lipinski definition) is 3. The van der Waals surface area contributed by atoms with Gasteiger partial charge in [0.25, 0.3) is 0 Å². The maximum atomic E-state index is 12.8. The first kappa shape index (κ1) is 10.6. The predicted molar refractivity (Wildman–Crippen MR) is 58.0 cm³/mol. The number of aromatic nitrogens is 1. The third-order valence-corrected chi connectivity index (χ3v) is 3.73. The normalized spacial score (nSPS) is 10.5. The lowest BCUT2D eigenvalue weighted by Crippen LogP contribution is -1.86. The Hall–Kier alpha value is -0.940. The molecule has 1 nitrogen and oxygen atoms in total. The van der Waals surface area contributed by atoms with E-state index in [1.54, 1.807) is 6.20 Å². The molecule has 0 amide bonds. The molecule has 1 heterocycles. The molecule has 15 heavy (non-hydrogen) atoms. The van der Waals surface area contributed by atoms with Crippen LogP contribution < -0.4 is 0 Å². The van der Waals surface area contributed by atoms with Crippen molar-refractivity contribution in [2.75, 3.05) is 0 Å². The first-order valence-corrected chi connectivity index (χ1v) is 6.08. The highest BCUT2D eigenvalue weighted by Gasteiger charge is 2.02. The van der Waals surface area contributed by atoms with E-state index in [4.69, 9.17) is 0 Å². The fourth-order valence-electron chi connectivity index (χ4n) is 1.12. The summed E-state index contributed by atoms with van der Waals surface area (Å²) in [6, 6.07) is 3.55. The summed E-state index contributed by atoms with van der Waals surface area (Å²) in [5, 5.41) is 1.87. The van der Waals surface area contributed by atoms with E-state index in [9.17, 15) is 8.78 Å². The highest BCUT2D eigenvalue weighted by Crippen LogP contribution is 2.24. The molecule has 2 aromatic rings. The molecular weight excluding hydrogens is 236 g/mol. The summed E-state index contributed by atoms with van der Waals surface area (Å²) in [4.78, 5) is 4.07. The van der Waals surface area contributed by atoms with E-state index in [1.807, 2.05) is 5.38 Å². The highest BCUT2D eigenvalue weighted by molar-refractivity contribution is 8.00. The summed E-state index contributed by atoms with van der Waals surface area (Å²) in [6.45, 7) is 0. The zero-order chi connectivity index (χ0) is 10.7. The van der Waals surface area contributed by atoms with Crippen molar-refractivity contribution in [1.29, 1.82) is 0 Å². The maximum Gasteiger partial charge on any atom is 0.150 e. The Morgan fingerprint density at radius 3 is 2.53 bits per heavy atom. The van der Waals surface area contributed by atoms with Crippen LogP contribution in [-0.4, -0.2) is 4.98 Å². The van der Waals surface area contributed by atoms with Crippen LogP contribution in [0.25, 0.3) is 0 Å². The van der Waals surface area contributed by atoms with Crippen LogP contribution in [0.3, 0.4) is 0 Å². The number of halogens is 2. The molecule has 0 spiro atoms. The average molecular weight is 243 g/mol. The van der Waals surface area contributed by atoms with Gasteiger partial charge in [-0.15, -0.1) is 11.3 Å². The molecule has 0 aliphatic rings. The van der Waals surface area contributed by atoms with Crippen LogP contribution in [0, 0.1) is 11.6 Å². The first-order chi connectivity index (χ1) is 7.24. The van der Waals surface area contributed by atoms with Crippen molar-refractivity contribution in [3.05, 3.63) is 47.0 Å². The van der Waals surface area contributed by atoms with Crippen LogP contribution in [0.4, 0.5) is 8.78 Å². The lowest BCUT2D eigenvalue weighted by Gasteiger charge is -1.99. The molecule has 2 rings (SSSR count). The number of hydrogen-bond donors (Lipinski definition) is 0. The molecule has 0 aliphatic carbocycles. The minimum absolute atomic E-state index is 0.530. The van der Waals surface area contributed by atoms with E-state index in [0.717, 1.165) is 10.4 Å². The molecule has 0 fully saturated rings. The van der Waals surface area contributed by atoms with Gasteiger partial charge in [-0.05, 0) is 17.7 Å². The van der Waals surface area contributed by atoms with E-state index in [-0.39, 0.29) is 0 Å². The molecule has 0 radical (unpaired) electrons. The lowest BCUT2D eigenvalue weighted by atomic mass is 10.2. The predicted octanol–water partition coefficient (Wildman–Crippen LogP) is 3.71. The van der Waals surface area contributed by atoms with Crippen molar-refractivity contribution < 1.29 is 8.78 Å². The molecule has 0 aliphatic heterocycles. The van der Waals surface area contributed by atoms with Crippen LogP contribution in [0.5, 0.6) is 0 Å². The van der Waals surface area contributed by atoms with Gasteiger partial charge in [0, 0.05) is 23.4 Å². The van der Waals surface area contributed by atoms with Crippen molar-refractivity contribution in [2.24, 2.45) is 0 Å². The number of benzene rings is 1. The summed E-state index contributed by atoms with van der Waals surface area (Å²) in [5.74, 6) is -0.545. The molecule has 0 saturated carbocycles. The van der Waals surface area contributed by atoms with E-state index in [1.165, 1.54) is 35.2 Å². The second-order valence-corrected chi connectivity index (χ2v) is 4.98. The third-order valence-electron chi connectivity index (χ3n) is 1.69. The van der Waals surface area contributed by atoms with E-state index < -0.39 is 11.6 Å². The van der Waals surface area contributed by atoms with Crippen LogP contribution in [-0.2, 0) is 5.75 Å². The molecule has 5 heteroatoms. The van der Waals surface area contributed by atoms with Crippen molar-refractivity contribution in [3.63, 3.8) is 0 Å². The molecule has 0 atom stereocenters. The standard InChI is InChI=1S/C10H7F2NS2/c11-8-3-7(4-9(12)5-8)6-15-10-13-1-2-14-10/h1-5H,6H2. The van der Waals surface area contributed by atoms with Gasteiger partial charge in [0.15, 0.2) is 0 Å². The van der Waals surface area contributed by atoms with Gasteiger partial charge in [0.05, 0.1) is 0 Å². The molecule has 1 aromatic heterocycles. The summed E-state index contributed by atoms with van der Waals surface area (Å²) in [7, 11) is 0. The summed E-state index contributed by atoms with van der Waals surface area (Å²) in [5.41, 5.74) is 0.632. The van der Waals surface area contributed by atoms with Crippen LogP contribution in [0.2, 0.25) is 0 Å².